The third-order valence-corrected chi connectivity index (χ3v) is 4.66. The van der Waals surface area contributed by atoms with Gasteiger partial charge in [-0.05, 0) is 31.2 Å². The number of aryl methyl sites for hydroxylation is 1. The topological polar surface area (TPSA) is 83.6 Å². The molecule has 3 rings (SSSR count). The van der Waals surface area contributed by atoms with E-state index < -0.39 is 12.0 Å². The summed E-state index contributed by atoms with van der Waals surface area (Å²) >= 11 is 1.52. The number of likely N-dealkylation sites (tertiary alicyclic amines) is 1. The summed E-state index contributed by atoms with van der Waals surface area (Å²) in [7, 11) is 0. The normalized spacial score (nSPS) is 17.9. The average molecular weight is 320 g/mol. The fraction of sp³-hybridized carbons (Fsp3) is 0.400. The van der Waals surface area contributed by atoms with Crippen LogP contribution in [0.25, 0.3) is 10.8 Å². The van der Waals surface area contributed by atoms with E-state index >= 15 is 0 Å². The van der Waals surface area contributed by atoms with Gasteiger partial charge in [-0.1, -0.05) is 6.07 Å². The van der Waals surface area contributed by atoms with Crippen LogP contribution in [0.2, 0.25) is 0 Å². The molecule has 2 aromatic rings. The van der Waals surface area contributed by atoms with Crippen molar-refractivity contribution in [3.05, 3.63) is 29.0 Å². The smallest absolute Gasteiger partial charge is 0.326 e. The number of nitrogens with zero attached hydrogens (tertiary/aromatic N) is 2. The standard InChI is InChI=1S/C15H16N2O4S/c1-9-10(16-14(21-9)12-5-3-7-22-12)8-13(18)17-6-2-4-11(17)15(19)20/h3,5,7,11H,2,4,6,8H2,1H3,(H,19,20)/t11-/m0/s1. The molecule has 0 saturated carbocycles. The van der Waals surface area contributed by atoms with Crippen LogP contribution in [-0.2, 0) is 16.0 Å². The van der Waals surface area contributed by atoms with E-state index in [0.717, 1.165) is 11.3 Å². The molecule has 0 aromatic carbocycles. The van der Waals surface area contributed by atoms with E-state index in [9.17, 15) is 9.59 Å². The molecule has 1 fully saturated rings. The number of oxazole rings is 1. The van der Waals surface area contributed by atoms with E-state index in [1.807, 2.05) is 17.5 Å². The molecule has 0 unspecified atom stereocenters. The lowest BCUT2D eigenvalue weighted by atomic mass is 10.2. The molecule has 1 aliphatic rings. The Bertz CT molecular complexity index is 692. The van der Waals surface area contributed by atoms with Gasteiger partial charge in [-0.15, -0.1) is 11.3 Å². The number of carboxylic acid groups (broad SMARTS) is 1. The maximum atomic E-state index is 12.4. The molecule has 2 aromatic heterocycles. The summed E-state index contributed by atoms with van der Waals surface area (Å²) in [4.78, 5) is 30.3. The number of aliphatic carboxylic acids is 1. The van der Waals surface area contributed by atoms with Crippen molar-refractivity contribution in [2.75, 3.05) is 6.54 Å². The Hall–Kier alpha value is -2.15. The van der Waals surface area contributed by atoms with Gasteiger partial charge in [0.25, 0.3) is 0 Å². The molecule has 116 valence electrons. The number of rotatable bonds is 4. The summed E-state index contributed by atoms with van der Waals surface area (Å²) < 4.78 is 5.61. The van der Waals surface area contributed by atoms with Crippen LogP contribution in [0, 0.1) is 6.92 Å². The lowest BCUT2D eigenvalue weighted by Crippen LogP contribution is -2.41. The zero-order valence-corrected chi connectivity index (χ0v) is 12.9. The van der Waals surface area contributed by atoms with Gasteiger partial charge in [0.15, 0.2) is 0 Å². The monoisotopic (exact) mass is 320 g/mol. The summed E-state index contributed by atoms with van der Waals surface area (Å²) in [5.41, 5.74) is 0.574. The summed E-state index contributed by atoms with van der Waals surface area (Å²) in [6.07, 6.45) is 1.31. The first kappa shape index (κ1) is 14.8. The Balaban J connectivity index is 1.76. The van der Waals surface area contributed by atoms with E-state index in [1.165, 1.54) is 16.2 Å². The summed E-state index contributed by atoms with van der Waals surface area (Å²) in [5, 5.41) is 11.1. The van der Waals surface area contributed by atoms with E-state index in [-0.39, 0.29) is 12.3 Å². The molecular weight excluding hydrogens is 304 g/mol. The molecule has 7 heteroatoms. The van der Waals surface area contributed by atoms with Crippen molar-refractivity contribution in [2.45, 2.75) is 32.2 Å². The van der Waals surface area contributed by atoms with Crippen LogP contribution in [0.5, 0.6) is 0 Å². The maximum Gasteiger partial charge on any atom is 0.326 e. The minimum atomic E-state index is -0.943. The number of hydrogen-bond donors (Lipinski definition) is 1. The highest BCUT2D eigenvalue weighted by atomic mass is 32.1. The molecule has 22 heavy (non-hydrogen) atoms. The molecule has 0 bridgehead atoms. The van der Waals surface area contributed by atoms with Crippen molar-refractivity contribution in [3.63, 3.8) is 0 Å². The highest BCUT2D eigenvalue weighted by Crippen LogP contribution is 2.27. The molecule has 0 aliphatic carbocycles. The Morgan fingerprint density at radius 3 is 3.05 bits per heavy atom. The molecule has 1 amide bonds. The Morgan fingerprint density at radius 2 is 2.36 bits per heavy atom. The first-order chi connectivity index (χ1) is 10.6. The number of thiophene rings is 1. The summed E-state index contributed by atoms with van der Waals surface area (Å²) in [5.74, 6) is -0.0460. The largest absolute Gasteiger partial charge is 0.480 e. The van der Waals surface area contributed by atoms with Crippen LogP contribution in [0.15, 0.2) is 21.9 Å². The maximum absolute atomic E-state index is 12.4. The minimum Gasteiger partial charge on any atom is -0.480 e. The molecule has 1 aliphatic heterocycles. The molecule has 1 N–H and O–H groups in total. The predicted octanol–water partition coefficient (Wildman–Crippen LogP) is 2.33. The van der Waals surface area contributed by atoms with Gasteiger partial charge < -0.3 is 14.4 Å². The van der Waals surface area contributed by atoms with Crippen molar-refractivity contribution < 1.29 is 19.1 Å². The van der Waals surface area contributed by atoms with Crippen molar-refractivity contribution >= 4 is 23.2 Å². The second-order valence-electron chi connectivity index (χ2n) is 5.26. The van der Waals surface area contributed by atoms with Gasteiger partial charge in [-0.2, -0.15) is 0 Å². The minimum absolute atomic E-state index is 0.0739. The molecular formula is C15H16N2O4S. The Labute approximate surface area is 131 Å². The highest BCUT2D eigenvalue weighted by molar-refractivity contribution is 7.13. The van der Waals surface area contributed by atoms with Crippen LogP contribution in [0.3, 0.4) is 0 Å². The van der Waals surface area contributed by atoms with Crippen molar-refractivity contribution in [1.82, 2.24) is 9.88 Å². The van der Waals surface area contributed by atoms with Crippen molar-refractivity contribution in [1.29, 1.82) is 0 Å². The van der Waals surface area contributed by atoms with Crippen LogP contribution in [0.1, 0.15) is 24.3 Å². The fourth-order valence-electron chi connectivity index (χ4n) is 2.66. The SMILES string of the molecule is Cc1oc(-c2cccs2)nc1CC(=O)N1CCC[C@H]1C(=O)O. The summed E-state index contributed by atoms with van der Waals surface area (Å²) in [6, 6.07) is 3.10. The molecule has 0 spiro atoms. The van der Waals surface area contributed by atoms with Crippen LogP contribution in [-0.4, -0.2) is 39.5 Å². The van der Waals surface area contributed by atoms with Gasteiger partial charge >= 0.3 is 5.97 Å². The van der Waals surface area contributed by atoms with Crippen LogP contribution >= 0.6 is 11.3 Å². The second kappa shape index (κ2) is 5.92. The Morgan fingerprint density at radius 1 is 1.55 bits per heavy atom. The quantitative estimate of drug-likeness (QED) is 0.934. The summed E-state index contributed by atoms with van der Waals surface area (Å²) in [6.45, 7) is 2.26. The fourth-order valence-corrected chi connectivity index (χ4v) is 3.31. The molecule has 6 nitrogen and oxygen atoms in total. The predicted molar refractivity (Wildman–Crippen MR) is 80.6 cm³/mol. The van der Waals surface area contributed by atoms with E-state index in [0.29, 0.717) is 30.3 Å². The third-order valence-electron chi connectivity index (χ3n) is 3.80. The lowest BCUT2D eigenvalue weighted by molar-refractivity contribution is -0.148. The van der Waals surface area contributed by atoms with Gasteiger partial charge in [-0.25, -0.2) is 9.78 Å². The van der Waals surface area contributed by atoms with E-state index in [2.05, 4.69) is 4.98 Å². The lowest BCUT2D eigenvalue weighted by Gasteiger charge is -2.20. The van der Waals surface area contributed by atoms with Gasteiger partial charge in [-0.3, -0.25) is 4.79 Å². The third kappa shape index (κ3) is 2.76. The zero-order valence-electron chi connectivity index (χ0n) is 12.1. The number of aromatic nitrogens is 1. The zero-order chi connectivity index (χ0) is 15.7. The highest BCUT2D eigenvalue weighted by Gasteiger charge is 2.34. The van der Waals surface area contributed by atoms with Gasteiger partial charge in [0.2, 0.25) is 11.8 Å². The van der Waals surface area contributed by atoms with Crippen LogP contribution in [0.4, 0.5) is 0 Å². The number of hydrogen-bond acceptors (Lipinski definition) is 5. The molecule has 1 atom stereocenters. The van der Waals surface area contributed by atoms with Gasteiger partial charge in [0, 0.05) is 6.54 Å². The van der Waals surface area contributed by atoms with Crippen molar-refractivity contribution in [2.24, 2.45) is 0 Å². The number of carbonyl (C=O) groups excluding carboxylic acids is 1. The molecule has 3 heterocycles. The second-order valence-corrected chi connectivity index (χ2v) is 6.21. The van der Waals surface area contributed by atoms with E-state index in [4.69, 9.17) is 9.52 Å². The van der Waals surface area contributed by atoms with Crippen LogP contribution < -0.4 is 0 Å². The molecule has 1 saturated heterocycles. The first-order valence-corrected chi connectivity index (χ1v) is 7.96. The average Bonchev–Trinajstić information content (AvgIpc) is 3.18. The molecule has 0 radical (unpaired) electrons. The first-order valence-electron chi connectivity index (χ1n) is 7.08. The number of carboxylic acids is 1. The van der Waals surface area contributed by atoms with E-state index in [1.54, 1.807) is 6.92 Å². The van der Waals surface area contributed by atoms with Gasteiger partial charge in [0.1, 0.15) is 11.8 Å². The van der Waals surface area contributed by atoms with Gasteiger partial charge in [0.05, 0.1) is 17.0 Å². The number of amides is 1. The Kier molecular flexibility index (Phi) is 3.98. The number of carbonyl (C=O) groups is 2. The van der Waals surface area contributed by atoms with Crippen molar-refractivity contribution in [3.8, 4) is 10.8 Å².